The lowest BCUT2D eigenvalue weighted by Gasteiger charge is -2.08. The van der Waals surface area contributed by atoms with E-state index < -0.39 is 0 Å². The first-order valence-corrected chi connectivity index (χ1v) is 9.61. The van der Waals surface area contributed by atoms with Gasteiger partial charge in [-0.15, -0.1) is 0 Å². The summed E-state index contributed by atoms with van der Waals surface area (Å²) in [6.07, 6.45) is 12.7. The molecular weight excluding hydrogens is 322 g/mol. The highest BCUT2D eigenvalue weighted by Gasteiger charge is 2.17. The highest BCUT2D eigenvalue weighted by atomic mass is 16.6. The first-order valence-electron chi connectivity index (χ1n) is 9.61. The van der Waals surface area contributed by atoms with Gasteiger partial charge in [-0.2, -0.15) is 0 Å². The molecule has 1 aromatic carbocycles. The third kappa shape index (κ3) is 6.07. The van der Waals surface area contributed by atoms with Crippen LogP contribution in [0.1, 0.15) is 56.6 Å². The van der Waals surface area contributed by atoms with Crippen molar-refractivity contribution in [1.29, 1.82) is 0 Å². The number of aromatic nitrogens is 2. The summed E-state index contributed by atoms with van der Waals surface area (Å²) in [4.78, 5) is 9.70. The summed E-state index contributed by atoms with van der Waals surface area (Å²) in [5.74, 6) is 7.17. The lowest BCUT2D eigenvalue weighted by Crippen LogP contribution is -2.11. The molecule has 0 unspecified atom stereocenters. The van der Waals surface area contributed by atoms with Crippen LogP contribution in [-0.4, -0.2) is 21.9 Å². The van der Waals surface area contributed by atoms with Gasteiger partial charge in [0.25, 0.3) is 0 Å². The van der Waals surface area contributed by atoms with E-state index in [1.807, 2.05) is 10.8 Å². The summed E-state index contributed by atoms with van der Waals surface area (Å²) in [5.41, 5.74) is 3.02. The molecule has 1 heterocycles. The van der Waals surface area contributed by atoms with Crippen LogP contribution in [0.4, 0.5) is 0 Å². The second-order valence-corrected chi connectivity index (χ2v) is 6.79. The van der Waals surface area contributed by atoms with Crippen LogP contribution in [0, 0.1) is 17.8 Å². The van der Waals surface area contributed by atoms with Crippen molar-refractivity contribution in [2.24, 2.45) is 11.1 Å². The Bertz CT molecular complexity index is 747. The smallest absolute Gasteiger partial charge is 0.117 e. The van der Waals surface area contributed by atoms with Crippen LogP contribution in [0.3, 0.4) is 0 Å². The van der Waals surface area contributed by atoms with Crippen LogP contribution >= 0.6 is 0 Å². The van der Waals surface area contributed by atoms with Gasteiger partial charge in [0, 0.05) is 29.4 Å². The lowest BCUT2D eigenvalue weighted by atomic mass is 10.1. The van der Waals surface area contributed by atoms with Gasteiger partial charge in [-0.3, -0.25) is 0 Å². The number of benzene rings is 1. The Kier molecular flexibility index (Phi) is 6.89. The molecule has 0 spiro atoms. The fourth-order valence-corrected chi connectivity index (χ4v) is 2.60. The zero-order chi connectivity index (χ0) is 18.0. The minimum atomic E-state index is 0.620. The van der Waals surface area contributed by atoms with Gasteiger partial charge in [-0.1, -0.05) is 48.9 Å². The number of unbranched alkanes of at least 4 members (excludes halogenated alkanes) is 3. The second kappa shape index (κ2) is 9.82. The molecule has 0 atom stereocenters. The Morgan fingerprint density at radius 1 is 1.23 bits per heavy atom. The molecule has 1 aromatic heterocycles. The predicted molar refractivity (Wildman–Crippen MR) is 105 cm³/mol. The van der Waals surface area contributed by atoms with Crippen LogP contribution in [0.25, 0.3) is 0 Å². The van der Waals surface area contributed by atoms with Crippen molar-refractivity contribution in [3.63, 3.8) is 0 Å². The second-order valence-electron chi connectivity index (χ2n) is 6.79. The molecule has 1 aliphatic carbocycles. The Balaban J connectivity index is 1.64. The zero-order valence-electron chi connectivity index (χ0n) is 15.5. The summed E-state index contributed by atoms with van der Waals surface area (Å²) < 4.78 is 2.00. The average molecular weight is 349 g/mol. The number of imidazole rings is 1. The molecular formula is C22H27N3O. The lowest BCUT2D eigenvalue weighted by molar-refractivity contribution is 0.139. The van der Waals surface area contributed by atoms with Gasteiger partial charge in [-0.05, 0) is 37.8 Å². The van der Waals surface area contributed by atoms with Gasteiger partial charge in [0.2, 0.25) is 0 Å². The molecule has 0 aliphatic heterocycles. The molecule has 1 saturated carbocycles. The fraction of sp³-hybridized carbons (Fsp3) is 0.455. The number of hydrogen-bond donors (Lipinski definition) is 0. The molecule has 26 heavy (non-hydrogen) atoms. The molecule has 136 valence electrons. The quantitative estimate of drug-likeness (QED) is 0.286. The minimum Gasteiger partial charge on any atom is -0.396 e. The summed E-state index contributed by atoms with van der Waals surface area (Å²) in [6.45, 7) is 3.52. The Hall–Kier alpha value is -2.54. The standard InChI is InChI=1S/C22H27N3O/c1-2-3-4-5-16-26-24-22(17-25-15-14-23-18-25)21-12-10-20(11-13-21)9-8-19-6-7-19/h10-15,18-19H,2-7,16-17H2,1H3/b24-22+. The molecule has 1 aliphatic rings. The summed E-state index contributed by atoms with van der Waals surface area (Å²) in [6, 6.07) is 8.28. The summed E-state index contributed by atoms with van der Waals surface area (Å²) in [7, 11) is 0. The van der Waals surface area contributed by atoms with E-state index in [2.05, 4.69) is 53.2 Å². The van der Waals surface area contributed by atoms with E-state index in [4.69, 9.17) is 4.84 Å². The van der Waals surface area contributed by atoms with Gasteiger partial charge >= 0.3 is 0 Å². The van der Waals surface area contributed by atoms with E-state index in [0.717, 1.165) is 23.3 Å². The van der Waals surface area contributed by atoms with Crippen molar-refractivity contribution in [3.8, 4) is 11.8 Å². The van der Waals surface area contributed by atoms with Crippen LogP contribution in [0.15, 0.2) is 48.1 Å². The predicted octanol–water partition coefficient (Wildman–Crippen LogP) is 4.65. The molecule has 1 fully saturated rings. The van der Waals surface area contributed by atoms with E-state index in [1.165, 1.54) is 32.1 Å². The molecule has 0 saturated heterocycles. The van der Waals surface area contributed by atoms with E-state index in [-0.39, 0.29) is 0 Å². The van der Waals surface area contributed by atoms with Gasteiger partial charge in [-0.25, -0.2) is 4.98 Å². The molecule has 4 heteroatoms. The number of rotatable bonds is 9. The highest BCUT2D eigenvalue weighted by Crippen LogP contribution is 2.27. The Labute approximate surface area is 156 Å². The van der Waals surface area contributed by atoms with E-state index in [9.17, 15) is 0 Å². The molecule has 4 nitrogen and oxygen atoms in total. The maximum atomic E-state index is 5.59. The third-order valence-electron chi connectivity index (χ3n) is 4.37. The van der Waals surface area contributed by atoms with Gasteiger partial charge in [0.05, 0.1) is 12.9 Å². The van der Waals surface area contributed by atoms with Gasteiger partial charge in [0.15, 0.2) is 0 Å². The minimum absolute atomic E-state index is 0.620. The van der Waals surface area contributed by atoms with Crippen molar-refractivity contribution in [2.45, 2.75) is 52.0 Å². The van der Waals surface area contributed by atoms with E-state index in [0.29, 0.717) is 19.1 Å². The largest absolute Gasteiger partial charge is 0.396 e. The third-order valence-corrected chi connectivity index (χ3v) is 4.37. The zero-order valence-corrected chi connectivity index (χ0v) is 15.5. The monoisotopic (exact) mass is 349 g/mol. The fourth-order valence-electron chi connectivity index (χ4n) is 2.60. The Morgan fingerprint density at radius 2 is 2.08 bits per heavy atom. The highest BCUT2D eigenvalue weighted by molar-refractivity contribution is 6.00. The maximum Gasteiger partial charge on any atom is 0.117 e. The van der Waals surface area contributed by atoms with Crippen molar-refractivity contribution >= 4 is 5.71 Å². The van der Waals surface area contributed by atoms with Crippen LogP contribution in [-0.2, 0) is 11.4 Å². The molecule has 2 aromatic rings. The molecule has 0 N–H and O–H groups in total. The molecule has 0 bridgehead atoms. The number of oxime groups is 1. The van der Waals surface area contributed by atoms with Crippen molar-refractivity contribution in [2.75, 3.05) is 6.61 Å². The van der Waals surface area contributed by atoms with Crippen LogP contribution in [0.2, 0.25) is 0 Å². The number of hydrogen-bond acceptors (Lipinski definition) is 3. The summed E-state index contributed by atoms with van der Waals surface area (Å²) >= 11 is 0. The van der Waals surface area contributed by atoms with Crippen LogP contribution < -0.4 is 0 Å². The molecule has 3 rings (SSSR count). The number of nitrogens with zero attached hydrogens (tertiary/aromatic N) is 3. The average Bonchev–Trinajstić information content (AvgIpc) is 3.36. The van der Waals surface area contributed by atoms with Gasteiger partial charge < -0.3 is 9.40 Å². The first kappa shape index (κ1) is 18.3. The van der Waals surface area contributed by atoms with Crippen molar-refractivity contribution in [3.05, 3.63) is 54.1 Å². The van der Waals surface area contributed by atoms with Crippen LogP contribution in [0.5, 0.6) is 0 Å². The SMILES string of the molecule is CCCCCCO/N=C(\Cn1ccnc1)c1ccc(C#CC2CC2)cc1. The maximum absolute atomic E-state index is 5.59. The first-order chi connectivity index (χ1) is 12.8. The van der Waals surface area contributed by atoms with E-state index >= 15 is 0 Å². The molecule has 0 amide bonds. The molecule has 0 radical (unpaired) electrons. The normalized spacial score (nSPS) is 14.0. The van der Waals surface area contributed by atoms with Crippen molar-refractivity contribution < 1.29 is 4.84 Å². The van der Waals surface area contributed by atoms with E-state index in [1.54, 1.807) is 12.5 Å². The van der Waals surface area contributed by atoms with Crippen molar-refractivity contribution in [1.82, 2.24) is 9.55 Å². The Morgan fingerprint density at radius 3 is 2.77 bits per heavy atom. The summed E-state index contributed by atoms with van der Waals surface area (Å²) in [5, 5.41) is 4.41. The van der Waals surface area contributed by atoms with Gasteiger partial charge in [0.1, 0.15) is 12.3 Å². The topological polar surface area (TPSA) is 39.4 Å².